The lowest BCUT2D eigenvalue weighted by atomic mass is 10.0. The molecular weight excluding hydrogens is 212 g/mol. The lowest BCUT2D eigenvalue weighted by Crippen LogP contribution is -1.89. The van der Waals surface area contributed by atoms with Gasteiger partial charge in [0.25, 0.3) is 0 Å². The molecule has 1 atom stereocenters. The molecule has 0 heterocycles. The fourth-order valence-electron chi connectivity index (χ4n) is 2.10. The highest BCUT2D eigenvalue weighted by atomic mass is 79.9. The average Bonchev–Trinajstić information content (AvgIpc) is 2.33. The summed E-state index contributed by atoms with van der Waals surface area (Å²) in [6, 6.07) is 4.50. The highest BCUT2D eigenvalue weighted by Crippen LogP contribution is 2.36. The van der Waals surface area contributed by atoms with Gasteiger partial charge in [0.15, 0.2) is 0 Å². The van der Waals surface area contributed by atoms with Crippen LogP contribution in [-0.4, -0.2) is 0 Å². The van der Waals surface area contributed by atoms with Crippen LogP contribution in [0.5, 0.6) is 0 Å². The zero-order valence-electron chi connectivity index (χ0n) is 7.52. The molecule has 0 radical (unpaired) electrons. The van der Waals surface area contributed by atoms with Gasteiger partial charge in [-0.05, 0) is 54.5 Å². The maximum absolute atomic E-state index is 3.54. The molecule has 0 aliphatic heterocycles. The van der Waals surface area contributed by atoms with E-state index in [4.69, 9.17) is 0 Å². The van der Waals surface area contributed by atoms with Crippen molar-refractivity contribution in [2.45, 2.75) is 32.6 Å². The van der Waals surface area contributed by atoms with Crippen LogP contribution in [0.2, 0.25) is 0 Å². The third kappa shape index (κ3) is 1.20. The Morgan fingerprint density at radius 1 is 1.42 bits per heavy atom. The van der Waals surface area contributed by atoms with E-state index >= 15 is 0 Å². The first-order valence-electron chi connectivity index (χ1n) is 4.47. The van der Waals surface area contributed by atoms with Gasteiger partial charge in [-0.3, -0.25) is 0 Å². The summed E-state index contributed by atoms with van der Waals surface area (Å²) in [6.45, 7) is 4.53. The van der Waals surface area contributed by atoms with E-state index < -0.39 is 0 Å². The number of hydrogen-bond donors (Lipinski definition) is 0. The minimum Gasteiger partial charge on any atom is -0.0584 e. The first-order chi connectivity index (χ1) is 5.68. The number of aryl methyl sites for hydroxylation is 1. The molecule has 1 unspecified atom stereocenters. The summed E-state index contributed by atoms with van der Waals surface area (Å²) in [7, 11) is 0. The molecule has 64 valence electrons. The van der Waals surface area contributed by atoms with Crippen molar-refractivity contribution >= 4 is 15.9 Å². The molecule has 1 aliphatic carbocycles. The summed E-state index contributed by atoms with van der Waals surface area (Å²) < 4.78 is 1.23. The Morgan fingerprint density at radius 3 is 2.92 bits per heavy atom. The Bertz CT molecular complexity index is 315. The predicted octanol–water partition coefficient (Wildman–Crippen LogP) is 3.81. The van der Waals surface area contributed by atoms with Crippen molar-refractivity contribution in [1.29, 1.82) is 0 Å². The van der Waals surface area contributed by atoms with Crippen molar-refractivity contribution < 1.29 is 0 Å². The van der Waals surface area contributed by atoms with Gasteiger partial charge in [-0.15, -0.1) is 0 Å². The molecule has 0 amide bonds. The second-order valence-electron chi connectivity index (χ2n) is 3.73. The van der Waals surface area contributed by atoms with E-state index in [1.807, 2.05) is 0 Å². The lowest BCUT2D eigenvalue weighted by Gasteiger charge is -2.07. The third-order valence-corrected chi connectivity index (χ3v) is 3.29. The minimum atomic E-state index is 0.760. The Kier molecular flexibility index (Phi) is 1.99. The quantitative estimate of drug-likeness (QED) is 0.629. The fraction of sp³-hybridized carbons (Fsp3) is 0.455. The summed E-state index contributed by atoms with van der Waals surface area (Å²) in [5, 5.41) is 0. The normalized spacial score (nSPS) is 21.1. The van der Waals surface area contributed by atoms with Crippen molar-refractivity contribution in [3.8, 4) is 0 Å². The average molecular weight is 225 g/mol. The molecule has 0 N–H and O–H groups in total. The Labute approximate surface area is 82.1 Å². The molecule has 0 saturated heterocycles. The molecule has 0 aromatic heterocycles. The smallest absolute Gasteiger partial charge is 0.0180 e. The SMILES string of the molecule is Cc1cc(Br)cc2c1CCC2C. The number of rotatable bonds is 0. The van der Waals surface area contributed by atoms with Gasteiger partial charge in [-0.1, -0.05) is 22.9 Å². The summed E-state index contributed by atoms with van der Waals surface area (Å²) in [5.74, 6) is 0.760. The molecule has 2 rings (SSSR count). The molecule has 0 bridgehead atoms. The fourth-order valence-corrected chi connectivity index (χ4v) is 2.69. The molecule has 1 aromatic carbocycles. The zero-order valence-corrected chi connectivity index (χ0v) is 9.11. The Morgan fingerprint density at radius 2 is 2.17 bits per heavy atom. The first-order valence-corrected chi connectivity index (χ1v) is 5.26. The van der Waals surface area contributed by atoms with E-state index in [9.17, 15) is 0 Å². The topological polar surface area (TPSA) is 0 Å². The predicted molar refractivity (Wildman–Crippen MR) is 55.6 cm³/mol. The van der Waals surface area contributed by atoms with E-state index in [1.54, 1.807) is 11.1 Å². The summed E-state index contributed by atoms with van der Waals surface area (Å²) in [4.78, 5) is 0. The standard InChI is InChI=1S/C11H13Br/c1-7-3-4-10-8(2)5-9(12)6-11(7)10/h5-7H,3-4H2,1-2H3. The van der Waals surface area contributed by atoms with Crippen LogP contribution in [0.3, 0.4) is 0 Å². The van der Waals surface area contributed by atoms with Gasteiger partial charge < -0.3 is 0 Å². The van der Waals surface area contributed by atoms with Crippen LogP contribution in [0.15, 0.2) is 16.6 Å². The van der Waals surface area contributed by atoms with Crippen molar-refractivity contribution in [3.63, 3.8) is 0 Å². The van der Waals surface area contributed by atoms with Crippen LogP contribution in [0.1, 0.15) is 36.0 Å². The minimum absolute atomic E-state index is 0.760. The van der Waals surface area contributed by atoms with Gasteiger partial charge in [0.2, 0.25) is 0 Å². The molecule has 0 fully saturated rings. The second-order valence-corrected chi connectivity index (χ2v) is 4.65. The van der Waals surface area contributed by atoms with Gasteiger partial charge in [0, 0.05) is 4.47 Å². The van der Waals surface area contributed by atoms with Crippen molar-refractivity contribution in [2.24, 2.45) is 0 Å². The van der Waals surface area contributed by atoms with E-state index in [1.165, 1.54) is 22.9 Å². The van der Waals surface area contributed by atoms with E-state index in [0.717, 1.165) is 5.92 Å². The third-order valence-electron chi connectivity index (χ3n) is 2.83. The highest BCUT2D eigenvalue weighted by Gasteiger charge is 2.20. The van der Waals surface area contributed by atoms with Gasteiger partial charge in [0.05, 0.1) is 0 Å². The monoisotopic (exact) mass is 224 g/mol. The molecule has 1 aromatic rings. The zero-order chi connectivity index (χ0) is 8.72. The van der Waals surface area contributed by atoms with Gasteiger partial charge >= 0.3 is 0 Å². The summed E-state index contributed by atoms with van der Waals surface area (Å²) >= 11 is 3.54. The molecular formula is C11H13Br. The number of fused-ring (bicyclic) bond motifs is 1. The maximum Gasteiger partial charge on any atom is 0.0180 e. The molecule has 0 saturated carbocycles. The van der Waals surface area contributed by atoms with Gasteiger partial charge in [-0.25, -0.2) is 0 Å². The van der Waals surface area contributed by atoms with Crippen LogP contribution < -0.4 is 0 Å². The molecule has 1 heteroatoms. The second kappa shape index (κ2) is 2.88. The van der Waals surface area contributed by atoms with Crippen LogP contribution in [0, 0.1) is 6.92 Å². The van der Waals surface area contributed by atoms with Crippen LogP contribution in [-0.2, 0) is 6.42 Å². The maximum atomic E-state index is 3.54. The first kappa shape index (κ1) is 8.31. The number of halogens is 1. The van der Waals surface area contributed by atoms with Crippen molar-refractivity contribution in [1.82, 2.24) is 0 Å². The number of hydrogen-bond acceptors (Lipinski definition) is 0. The van der Waals surface area contributed by atoms with Crippen LogP contribution in [0.25, 0.3) is 0 Å². The van der Waals surface area contributed by atoms with Crippen molar-refractivity contribution in [2.75, 3.05) is 0 Å². The van der Waals surface area contributed by atoms with E-state index in [2.05, 4.69) is 41.9 Å². The Hall–Kier alpha value is -0.300. The number of benzene rings is 1. The van der Waals surface area contributed by atoms with Crippen LogP contribution >= 0.6 is 15.9 Å². The summed E-state index contributed by atoms with van der Waals surface area (Å²) in [5.41, 5.74) is 4.59. The largest absolute Gasteiger partial charge is 0.0584 e. The Balaban J connectivity index is 2.60. The van der Waals surface area contributed by atoms with Crippen LogP contribution in [0.4, 0.5) is 0 Å². The van der Waals surface area contributed by atoms with E-state index in [0.29, 0.717) is 0 Å². The summed E-state index contributed by atoms with van der Waals surface area (Å²) in [6.07, 6.45) is 2.60. The van der Waals surface area contributed by atoms with Gasteiger partial charge in [0.1, 0.15) is 0 Å². The molecule has 12 heavy (non-hydrogen) atoms. The highest BCUT2D eigenvalue weighted by molar-refractivity contribution is 9.10. The lowest BCUT2D eigenvalue weighted by molar-refractivity contribution is 0.747. The van der Waals surface area contributed by atoms with Crippen molar-refractivity contribution in [3.05, 3.63) is 33.3 Å². The molecule has 0 spiro atoms. The molecule has 1 aliphatic rings. The molecule has 0 nitrogen and oxygen atoms in total. The van der Waals surface area contributed by atoms with Gasteiger partial charge in [-0.2, -0.15) is 0 Å². The van der Waals surface area contributed by atoms with E-state index in [-0.39, 0.29) is 0 Å².